The van der Waals surface area contributed by atoms with Crippen LogP contribution in [0.4, 0.5) is 0 Å². The number of hydrogen-bond donors (Lipinski definition) is 1. The lowest BCUT2D eigenvalue weighted by molar-refractivity contribution is -0.140. The Morgan fingerprint density at radius 2 is 2.00 bits per heavy atom. The zero-order valence-electron chi connectivity index (χ0n) is 5.40. The highest BCUT2D eigenvalue weighted by Crippen LogP contribution is 2.08. The van der Waals surface area contributed by atoms with Crippen LogP contribution in [0.1, 0.15) is 6.92 Å². The molecule has 0 aromatic carbocycles. The highest BCUT2D eigenvalue weighted by atomic mass is 16.4. The Labute approximate surface area is 58.3 Å². The average Bonchev–Trinajstić information content (AvgIpc) is 1.88. The molecule has 0 saturated heterocycles. The van der Waals surface area contributed by atoms with Gasteiger partial charge in [0.25, 0.3) is 0 Å². The fourth-order valence-corrected chi connectivity index (χ4v) is 0.455. The molecule has 0 aliphatic carbocycles. The van der Waals surface area contributed by atoms with Crippen molar-refractivity contribution in [3.63, 3.8) is 0 Å². The molecule has 0 rings (SSSR count). The fraction of sp³-hybridized carbons (Fsp3) is 0.500. The average molecular weight is 138 g/mol. The van der Waals surface area contributed by atoms with Crippen LogP contribution in [-0.4, -0.2) is 11.1 Å². The maximum atomic E-state index is 10.2. The minimum atomic E-state index is -1.24. The van der Waals surface area contributed by atoms with E-state index >= 15 is 0 Å². The molecule has 0 bridgehead atoms. The molecule has 0 aromatic heterocycles. The van der Waals surface area contributed by atoms with Crippen molar-refractivity contribution in [3.05, 3.63) is 0 Å². The molecule has 0 fully saturated rings. The summed E-state index contributed by atoms with van der Waals surface area (Å²) in [5.74, 6) is -3.19. The predicted molar refractivity (Wildman–Crippen MR) is 31.5 cm³/mol. The van der Waals surface area contributed by atoms with Crippen LogP contribution in [0.15, 0.2) is 0 Å². The molecule has 2 atom stereocenters. The number of carboxylic acid groups (broad SMARTS) is 1. The van der Waals surface area contributed by atoms with E-state index in [-0.39, 0.29) is 0 Å². The minimum absolute atomic E-state index is 0.748. The zero-order chi connectivity index (χ0) is 8.15. The highest BCUT2D eigenvalue weighted by Gasteiger charge is 2.23. The van der Waals surface area contributed by atoms with Crippen molar-refractivity contribution in [1.29, 1.82) is 10.5 Å². The predicted octanol–water partition coefficient (Wildman–Crippen LogP) is 0.370. The standard InChI is InChI=1S/C6H6N2O2/c1-4(2-7)5(3-8)6(9)10/h4-5H,1H3,(H,9,10). The van der Waals surface area contributed by atoms with Gasteiger partial charge in [0.15, 0.2) is 5.92 Å². The molecule has 0 aliphatic rings. The third-order valence-corrected chi connectivity index (χ3v) is 1.11. The molecule has 0 heterocycles. The second kappa shape index (κ2) is 3.47. The van der Waals surface area contributed by atoms with Crippen LogP contribution in [0.5, 0.6) is 0 Å². The summed E-state index contributed by atoms with van der Waals surface area (Å²) in [6.07, 6.45) is 0. The summed E-state index contributed by atoms with van der Waals surface area (Å²) >= 11 is 0. The van der Waals surface area contributed by atoms with Gasteiger partial charge in [-0.15, -0.1) is 0 Å². The molecule has 0 aliphatic heterocycles. The largest absolute Gasteiger partial charge is 0.480 e. The Kier molecular flexibility index (Phi) is 2.93. The molecule has 4 nitrogen and oxygen atoms in total. The van der Waals surface area contributed by atoms with Gasteiger partial charge < -0.3 is 5.11 Å². The summed E-state index contributed by atoms with van der Waals surface area (Å²) in [5.41, 5.74) is 0. The number of carboxylic acids is 1. The molecule has 0 amide bonds. The van der Waals surface area contributed by atoms with Crippen molar-refractivity contribution in [2.24, 2.45) is 11.8 Å². The number of aliphatic carboxylic acids is 1. The number of nitrogens with zero attached hydrogens (tertiary/aromatic N) is 2. The van der Waals surface area contributed by atoms with E-state index in [2.05, 4.69) is 0 Å². The van der Waals surface area contributed by atoms with Crippen LogP contribution in [0.2, 0.25) is 0 Å². The third-order valence-electron chi connectivity index (χ3n) is 1.11. The molecule has 0 radical (unpaired) electrons. The van der Waals surface area contributed by atoms with Gasteiger partial charge in [-0.25, -0.2) is 0 Å². The molecule has 52 valence electrons. The third kappa shape index (κ3) is 1.75. The number of carbonyl (C=O) groups is 1. The second-order valence-corrected chi connectivity index (χ2v) is 1.86. The summed E-state index contributed by atoms with van der Waals surface area (Å²) in [6, 6.07) is 3.22. The van der Waals surface area contributed by atoms with Crippen molar-refractivity contribution in [2.75, 3.05) is 0 Å². The van der Waals surface area contributed by atoms with E-state index in [1.165, 1.54) is 13.0 Å². The summed E-state index contributed by atoms with van der Waals surface area (Å²) in [6.45, 7) is 1.40. The molecule has 0 aromatic rings. The number of hydrogen-bond acceptors (Lipinski definition) is 3. The SMILES string of the molecule is CC(C#N)C(C#N)C(=O)O. The van der Waals surface area contributed by atoms with Crippen molar-refractivity contribution in [1.82, 2.24) is 0 Å². The van der Waals surface area contributed by atoms with Crippen LogP contribution < -0.4 is 0 Å². The fourth-order valence-electron chi connectivity index (χ4n) is 0.455. The van der Waals surface area contributed by atoms with Gasteiger partial charge in [-0.05, 0) is 6.92 Å². The molecule has 0 saturated carbocycles. The molecular formula is C6H6N2O2. The maximum Gasteiger partial charge on any atom is 0.322 e. The Balaban J connectivity index is 4.28. The first-order valence-electron chi connectivity index (χ1n) is 2.65. The lowest BCUT2D eigenvalue weighted by atomic mass is 9.97. The van der Waals surface area contributed by atoms with Gasteiger partial charge in [0.1, 0.15) is 0 Å². The van der Waals surface area contributed by atoms with E-state index in [0.717, 1.165) is 0 Å². The first-order chi connectivity index (χ1) is 4.63. The first kappa shape index (κ1) is 8.45. The lowest BCUT2D eigenvalue weighted by Gasteiger charge is -2.02. The van der Waals surface area contributed by atoms with E-state index < -0.39 is 17.8 Å². The van der Waals surface area contributed by atoms with Crippen LogP contribution in [0.25, 0.3) is 0 Å². The van der Waals surface area contributed by atoms with Crippen molar-refractivity contribution < 1.29 is 9.90 Å². The monoisotopic (exact) mass is 138 g/mol. The number of nitriles is 2. The lowest BCUT2D eigenvalue weighted by Crippen LogP contribution is -2.18. The molecule has 0 spiro atoms. The number of rotatable bonds is 2. The van der Waals surface area contributed by atoms with Gasteiger partial charge in [-0.3, -0.25) is 4.79 Å². The van der Waals surface area contributed by atoms with Crippen LogP contribution in [0, 0.1) is 34.5 Å². The summed E-state index contributed by atoms with van der Waals surface area (Å²) in [4.78, 5) is 10.2. The smallest absolute Gasteiger partial charge is 0.322 e. The Morgan fingerprint density at radius 1 is 1.50 bits per heavy atom. The van der Waals surface area contributed by atoms with Crippen LogP contribution >= 0.6 is 0 Å². The van der Waals surface area contributed by atoms with Gasteiger partial charge in [-0.2, -0.15) is 10.5 Å². The Morgan fingerprint density at radius 3 is 2.10 bits per heavy atom. The van der Waals surface area contributed by atoms with E-state index in [1.807, 2.05) is 0 Å². The quantitative estimate of drug-likeness (QED) is 0.597. The molecule has 4 heteroatoms. The van der Waals surface area contributed by atoms with Crippen molar-refractivity contribution in [2.45, 2.75) is 6.92 Å². The highest BCUT2D eigenvalue weighted by molar-refractivity contribution is 5.73. The van der Waals surface area contributed by atoms with Gasteiger partial charge in [-0.1, -0.05) is 0 Å². The van der Waals surface area contributed by atoms with E-state index in [4.69, 9.17) is 15.6 Å². The van der Waals surface area contributed by atoms with Crippen molar-refractivity contribution >= 4 is 5.97 Å². The zero-order valence-corrected chi connectivity index (χ0v) is 5.40. The van der Waals surface area contributed by atoms with Crippen LogP contribution in [0.3, 0.4) is 0 Å². The van der Waals surface area contributed by atoms with E-state index in [1.54, 1.807) is 6.07 Å². The summed E-state index contributed by atoms with van der Waals surface area (Å²) < 4.78 is 0. The van der Waals surface area contributed by atoms with Crippen LogP contribution in [-0.2, 0) is 4.79 Å². The molecular weight excluding hydrogens is 132 g/mol. The Hall–Kier alpha value is -1.55. The summed E-state index contributed by atoms with van der Waals surface area (Å²) in [5, 5.41) is 24.7. The summed E-state index contributed by atoms with van der Waals surface area (Å²) in [7, 11) is 0. The van der Waals surface area contributed by atoms with E-state index in [0.29, 0.717) is 0 Å². The van der Waals surface area contributed by atoms with Gasteiger partial charge in [0, 0.05) is 0 Å². The second-order valence-electron chi connectivity index (χ2n) is 1.86. The maximum absolute atomic E-state index is 10.2. The van der Waals surface area contributed by atoms with Crippen molar-refractivity contribution in [3.8, 4) is 12.1 Å². The normalized spacial score (nSPS) is 14.3. The molecule has 2 unspecified atom stereocenters. The minimum Gasteiger partial charge on any atom is -0.480 e. The van der Waals surface area contributed by atoms with Gasteiger partial charge >= 0.3 is 5.97 Å². The first-order valence-corrected chi connectivity index (χ1v) is 2.65. The topological polar surface area (TPSA) is 84.9 Å². The molecule has 10 heavy (non-hydrogen) atoms. The van der Waals surface area contributed by atoms with Gasteiger partial charge in [0.05, 0.1) is 18.1 Å². The van der Waals surface area contributed by atoms with E-state index in [9.17, 15) is 4.79 Å². The van der Waals surface area contributed by atoms with Gasteiger partial charge in [0.2, 0.25) is 0 Å². The Bertz CT molecular complexity index is 211. The molecule has 1 N–H and O–H groups in total.